The van der Waals surface area contributed by atoms with Gasteiger partial charge in [-0.15, -0.1) is 0 Å². The van der Waals surface area contributed by atoms with Gasteiger partial charge in [0.1, 0.15) is 48.9 Å². The van der Waals surface area contributed by atoms with Crippen LogP contribution in [0.2, 0.25) is 0 Å². The van der Waals surface area contributed by atoms with Crippen molar-refractivity contribution in [1.82, 2.24) is 0 Å². The van der Waals surface area contributed by atoms with Crippen LogP contribution in [0.25, 0.3) is 0 Å². The number of esters is 1. The van der Waals surface area contributed by atoms with Crippen molar-refractivity contribution in [2.45, 2.75) is 25.0 Å². The standard InChI is InChI=1S/C32H34O12/c33-9-11-39-13-14-40-20-5-7-21(8-6-20)41-15-16-43-32(38)30-24-17-25(42-12-10-34)27(24)29(31(36)37)23-18-26(28(23)30)44-22-3-1-19(35)2-4-22/h1-8,25-26,33-35H,9-18H2,(H,36,37). The number of ether oxygens (including phenoxy) is 6. The third kappa shape index (κ3) is 6.89. The lowest BCUT2D eigenvalue weighted by molar-refractivity contribution is 0.0120. The van der Waals surface area contributed by atoms with Crippen LogP contribution in [0, 0.1) is 0 Å². The van der Waals surface area contributed by atoms with Crippen molar-refractivity contribution in [3.05, 3.63) is 81.9 Å². The minimum Gasteiger partial charge on any atom is -0.508 e. The highest BCUT2D eigenvalue weighted by Gasteiger charge is 2.46. The monoisotopic (exact) mass is 610 g/mol. The second kappa shape index (κ2) is 14.4. The van der Waals surface area contributed by atoms with Gasteiger partial charge in [-0.05, 0) is 59.7 Å². The zero-order valence-corrected chi connectivity index (χ0v) is 23.9. The lowest BCUT2D eigenvalue weighted by Crippen LogP contribution is -2.37. The van der Waals surface area contributed by atoms with Crippen LogP contribution in [-0.2, 0) is 27.1 Å². The molecule has 0 aliphatic heterocycles. The van der Waals surface area contributed by atoms with Crippen molar-refractivity contribution in [2.75, 3.05) is 52.9 Å². The summed E-state index contributed by atoms with van der Waals surface area (Å²) < 4.78 is 33.8. The Balaban J connectivity index is 1.26. The van der Waals surface area contributed by atoms with Gasteiger partial charge in [0.25, 0.3) is 0 Å². The van der Waals surface area contributed by atoms with Crippen LogP contribution >= 0.6 is 0 Å². The van der Waals surface area contributed by atoms with E-state index in [1.807, 2.05) is 0 Å². The van der Waals surface area contributed by atoms with Crippen LogP contribution in [0.15, 0.2) is 48.5 Å². The molecule has 12 heteroatoms. The molecule has 2 unspecified atom stereocenters. The summed E-state index contributed by atoms with van der Waals surface area (Å²) in [5.74, 6) is -0.0352. The largest absolute Gasteiger partial charge is 0.508 e. The molecule has 0 radical (unpaired) electrons. The number of carbonyl (C=O) groups is 2. The van der Waals surface area contributed by atoms with E-state index in [2.05, 4.69) is 0 Å². The van der Waals surface area contributed by atoms with Gasteiger partial charge in [-0.25, -0.2) is 9.59 Å². The SMILES string of the molecule is O=C(O)c1c2c(c(C(=O)OCCOc3ccc(OCCOCCO)cc3)c3c1C(OCCO)C3)C(Oc1ccc(O)cc1)C2. The molecule has 0 fully saturated rings. The number of rotatable bonds is 17. The lowest BCUT2D eigenvalue weighted by atomic mass is 9.68. The van der Waals surface area contributed by atoms with Crippen LogP contribution in [0.3, 0.4) is 0 Å². The topological polar surface area (TPSA) is 170 Å². The number of carboxylic acids is 1. The highest BCUT2D eigenvalue weighted by molar-refractivity contribution is 6.01. The number of aromatic carboxylic acids is 1. The number of carbonyl (C=O) groups excluding carboxylic acids is 1. The van der Waals surface area contributed by atoms with Crippen LogP contribution in [0.5, 0.6) is 23.0 Å². The van der Waals surface area contributed by atoms with E-state index >= 15 is 0 Å². The number of benzene rings is 3. The molecule has 0 saturated heterocycles. The molecule has 0 aromatic heterocycles. The lowest BCUT2D eigenvalue weighted by Gasteiger charge is -2.41. The zero-order chi connectivity index (χ0) is 31.1. The van der Waals surface area contributed by atoms with Crippen LogP contribution in [0.1, 0.15) is 55.2 Å². The molecular formula is C32H34O12. The molecule has 0 heterocycles. The highest BCUT2D eigenvalue weighted by Crippen LogP contribution is 2.51. The summed E-state index contributed by atoms with van der Waals surface area (Å²) in [4.78, 5) is 25.8. The quantitative estimate of drug-likeness (QED) is 0.130. The zero-order valence-electron chi connectivity index (χ0n) is 23.9. The number of hydrogen-bond acceptors (Lipinski definition) is 11. The Morgan fingerprint density at radius 2 is 1.25 bits per heavy atom. The van der Waals surface area contributed by atoms with E-state index in [1.54, 1.807) is 36.4 Å². The molecule has 5 rings (SSSR count). The summed E-state index contributed by atoms with van der Waals surface area (Å²) >= 11 is 0. The Morgan fingerprint density at radius 1 is 0.682 bits per heavy atom. The van der Waals surface area contributed by atoms with Gasteiger partial charge in [-0.3, -0.25) is 0 Å². The Labute approximate surface area is 253 Å². The molecule has 0 bridgehead atoms. The molecular weight excluding hydrogens is 576 g/mol. The normalized spacial score (nSPS) is 16.1. The molecule has 2 aliphatic carbocycles. The van der Waals surface area contributed by atoms with Gasteiger partial charge in [-0.1, -0.05) is 0 Å². The van der Waals surface area contributed by atoms with Gasteiger partial charge in [0.15, 0.2) is 0 Å². The highest BCUT2D eigenvalue weighted by atomic mass is 16.6. The molecule has 44 heavy (non-hydrogen) atoms. The van der Waals surface area contributed by atoms with E-state index in [-0.39, 0.29) is 69.4 Å². The number of aliphatic hydroxyl groups excluding tert-OH is 2. The number of carboxylic acid groups (broad SMARTS) is 1. The van der Waals surface area contributed by atoms with Crippen molar-refractivity contribution in [1.29, 1.82) is 0 Å². The summed E-state index contributed by atoms with van der Waals surface area (Å²) in [6.07, 6.45) is -0.592. The average Bonchev–Trinajstić information content (AvgIpc) is 3.00. The Hall–Kier alpha value is -4.36. The maximum atomic E-state index is 13.5. The molecule has 0 amide bonds. The van der Waals surface area contributed by atoms with Gasteiger partial charge >= 0.3 is 11.9 Å². The Bertz CT molecular complexity index is 1450. The van der Waals surface area contributed by atoms with Gasteiger partial charge in [-0.2, -0.15) is 0 Å². The summed E-state index contributed by atoms with van der Waals surface area (Å²) in [6, 6.07) is 13.0. The number of hydrogen-bond donors (Lipinski definition) is 4. The van der Waals surface area contributed by atoms with Crippen molar-refractivity contribution >= 4 is 11.9 Å². The molecule has 0 spiro atoms. The molecule has 2 aliphatic rings. The van der Waals surface area contributed by atoms with E-state index in [0.717, 1.165) is 0 Å². The number of phenols is 1. The molecule has 3 aromatic rings. The fraction of sp³-hybridized carbons (Fsp3) is 0.375. The number of aromatic hydroxyl groups is 1. The van der Waals surface area contributed by atoms with Crippen LogP contribution in [0.4, 0.5) is 0 Å². The first kappa shape index (κ1) is 31.1. The first-order chi connectivity index (χ1) is 21.4. The first-order valence-electron chi connectivity index (χ1n) is 14.3. The Morgan fingerprint density at radius 3 is 1.89 bits per heavy atom. The number of phenolic OH excluding ortho intramolecular Hbond substituents is 1. The number of fused-ring (bicyclic) bond motifs is 2. The molecule has 4 N–H and O–H groups in total. The maximum Gasteiger partial charge on any atom is 0.338 e. The third-order valence-electron chi connectivity index (χ3n) is 7.30. The van der Waals surface area contributed by atoms with E-state index < -0.39 is 24.1 Å². The van der Waals surface area contributed by atoms with E-state index in [1.165, 1.54) is 12.1 Å². The van der Waals surface area contributed by atoms with Crippen molar-refractivity contribution < 1.29 is 58.4 Å². The Kier molecular flexibility index (Phi) is 10.2. The minimum atomic E-state index is -1.13. The van der Waals surface area contributed by atoms with Crippen LogP contribution in [-0.4, -0.2) is 85.2 Å². The molecule has 0 saturated carbocycles. The molecule has 12 nitrogen and oxygen atoms in total. The predicted molar refractivity (Wildman–Crippen MR) is 154 cm³/mol. The smallest absolute Gasteiger partial charge is 0.338 e. The predicted octanol–water partition coefficient (Wildman–Crippen LogP) is 3.00. The molecule has 234 valence electrons. The third-order valence-corrected chi connectivity index (χ3v) is 7.30. The molecule has 2 atom stereocenters. The van der Waals surface area contributed by atoms with Crippen molar-refractivity contribution in [3.8, 4) is 23.0 Å². The summed E-state index contributed by atoms with van der Waals surface area (Å²) in [6.45, 7) is 0.753. The summed E-state index contributed by atoms with van der Waals surface area (Å²) in [7, 11) is 0. The average molecular weight is 611 g/mol. The van der Waals surface area contributed by atoms with Gasteiger partial charge in [0, 0.05) is 24.0 Å². The van der Waals surface area contributed by atoms with Gasteiger partial charge in [0.2, 0.25) is 0 Å². The van der Waals surface area contributed by atoms with Crippen LogP contribution < -0.4 is 14.2 Å². The minimum absolute atomic E-state index is 0.0378. The van der Waals surface area contributed by atoms with Gasteiger partial charge < -0.3 is 48.8 Å². The van der Waals surface area contributed by atoms with E-state index in [9.17, 15) is 24.9 Å². The fourth-order valence-corrected chi connectivity index (χ4v) is 5.33. The number of aliphatic hydroxyl groups is 2. The summed E-state index contributed by atoms with van der Waals surface area (Å²) in [5.41, 5.74) is 2.29. The second-order valence-corrected chi connectivity index (χ2v) is 10.1. The fourth-order valence-electron chi connectivity index (χ4n) is 5.33. The van der Waals surface area contributed by atoms with Crippen molar-refractivity contribution in [3.63, 3.8) is 0 Å². The van der Waals surface area contributed by atoms with E-state index in [4.69, 9.17) is 33.5 Å². The van der Waals surface area contributed by atoms with Gasteiger partial charge in [0.05, 0.1) is 50.3 Å². The van der Waals surface area contributed by atoms with E-state index in [0.29, 0.717) is 52.7 Å². The maximum absolute atomic E-state index is 13.5. The first-order valence-corrected chi connectivity index (χ1v) is 14.3. The second-order valence-electron chi connectivity index (χ2n) is 10.1. The van der Waals surface area contributed by atoms with Crippen molar-refractivity contribution in [2.24, 2.45) is 0 Å². The summed E-state index contributed by atoms with van der Waals surface area (Å²) in [5, 5.41) is 37.6. The molecule has 3 aromatic carbocycles.